The van der Waals surface area contributed by atoms with Crippen LogP contribution in [0.4, 0.5) is 10.5 Å². The van der Waals surface area contributed by atoms with Gasteiger partial charge >= 0.3 is 6.09 Å². The minimum atomic E-state index is -0.955. The first-order valence-electron chi connectivity index (χ1n) is 13.4. The quantitative estimate of drug-likeness (QED) is 0.320. The molecule has 0 heterocycles. The predicted octanol–water partition coefficient (Wildman–Crippen LogP) is 5.75. The average molecular weight is 546 g/mol. The highest BCUT2D eigenvalue weighted by Gasteiger charge is 2.36. The first kappa shape index (κ1) is 30.2. The smallest absolute Gasteiger partial charge is 0.408 e. The van der Waals surface area contributed by atoms with Gasteiger partial charge in [0.2, 0.25) is 5.91 Å². The highest BCUT2D eigenvalue weighted by Crippen LogP contribution is 2.26. The molecule has 0 aliphatic heterocycles. The Labute approximate surface area is 236 Å². The third-order valence-electron chi connectivity index (χ3n) is 6.05. The van der Waals surface area contributed by atoms with Gasteiger partial charge in [-0.1, -0.05) is 67.6 Å². The minimum Gasteiger partial charge on any atom is -0.497 e. The second kappa shape index (κ2) is 14.2. The maximum atomic E-state index is 14.3. The Kier molecular flexibility index (Phi) is 10.7. The lowest BCUT2D eigenvalue weighted by molar-refractivity contribution is -0.140. The van der Waals surface area contributed by atoms with Crippen molar-refractivity contribution in [3.63, 3.8) is 0 Å². The molecule has 3 aromatic rings. The molecule has 3 aromatic carbocycles. The van der Waals surface area contributed by atoms with Gasteiger partial charge in [-0.25, -0.2) is 4.79 Å². The number of benzene rings is 3. The van der Waals surface area contributed by atoms with Crippen LogP contribution in [-0.4, -0.2) is 48.1 Å². The van der Waals surface area contributed by atoms with Crippen LogP contribution in [0.5, 0.6) is 5.75 Å². The molecule has 0 aromatic heterocycles. The highest BCUT2D eigenvalue weighted by atomic mass is 16.6. The molecule has 2 N–H and O–H groups in total. The summed E-state index contributed by atoms with van der Waals surface area (Å²) < 4.78 is 10.7. The second-order valence-electron chi connectivity index (χ2n) is 10.5. The molecule has 0 fully saturated rings. The zero-order chi connectivity index (χ0) is 29.1. The van der Waals surface area contributed by atoms with E-state index >= 15 is 0 Å². The number of carbonyl (C=O) groups is 3. The van der Waals surface area contributed by atoms with Crippen molar-refractivity contribution in [2.75, 3.05) is 19.0 Å². The van der Waals surface area contributed by atoms with E-state index < -0.39 is 23.8 Å². The summed E-state index contributed by atoms with van der Waals surface area (Å²) in [5.41, 5.74) is 1.36. The van der Waals surface area contributed by atoms with Gasteiger partial charge in [-0.15, -0.1) is 0 Å². The van der Waals surface area contributed by atoms with E-state index in [9.17, 15) is 14.4 Å². The number of methoxy groups -OCH3 is 1. The van der Waals surface area contributed by atoms with E-state index in [2.05, 4.69) is 10.6 Å². The number of ether oxygens (including phenoxy) is 2. The van der Waals surface area contributed by atoms with Crippen LogP contribution >= 0.6 is 0 Å². The fourth-order valence-electron chi connectivity index (χ4n) is 4.30. The molecule has 0 saturated heterocycles. The Morgan fingerprint density at radius 1 is 0.875 bits per heavy atom. The number of alkyl carbamates (subject to hydrolysis) is 1. The fourth-order valence-corrected chi connectivity index (χ4v) is 4.30. The molecule has 2 atom stereocenters. The van der Waals surface area contributed by atoms with Crippen molar-refractivity contribution in [1.82, 2.24) is 10.2 Å². The van der Waals surface area contributed by atoms with Crippen molar-refractivity contribution in [2.45, 2.75) is 58.2 Å². The van der Waals surface area contributed by atoms with Gasteiger partial charge in [0.05, 0.1) is 7.11 Å². The average Bonchev–Trinajstić information content (AvgIpc) is 2.92. The summed E-state index contributed by atoms with van der Waals surface area (Å²) in [4.78, 5) is 42.4. The van der Waals surface area contributed by atoms with Crippen LogP contribution in [0.15, 0.2) is 84.9 Å². The molecule has 40 heavy (non-hydrogen) atoms. The third-order valence-corrected chi connectivity index (χ3v) is 6.05. The number of hydrogen-bond acceptors (Lipinski definition) is 5. The molecule has 0 aliphatic carbocycles. The van der Waals surface area contributed by atoms with Gasteiger partial charge < -0.3 is 25.0 Å². The molecular weight excluding hydrogens is 506 g/mol. The molecule has 8 heteroatoms. The van der Waals surface area contributed by atoms with Crippen molar-refractivity contribution in [3.8, 4) is 5.75 Å². The Morgan fingerprint density at radius 3 is 2.02 bits per heavy atom. The first-order chi connectivity index (χ1) is 19.1. The molecule has 212 valence electrons. The topological polar surface area (TPSA) is 97.0 Å². The van der Waals surface area contributed by atoms with E-state index in [1.807, 2.05) is 67.6 Å². The van der Waals surface area contributed by atoms with Gasteiger partial charge in [-0.05, 0) is 62.6 Å². The molecule has 2 unspecified atom stereocenters. The van der Waals surface area contributed by atoms with Crippen molar-refractivity contribution in [3.05, 3.63) is 96.1 Å². The van der Waals surface area contributed by atoms with Gasteiger partial charge in [0.15, 0.2) is 0 Å². The Balaban J connectivity index is 1.98. The lowest BCUT2D eigenvalue weighted by atomic mass is 10.00. The van der Waals surface area contributed by atoms with Crippen LogP contribution in [0.25, 0.3) is 0 Å². The first-order valence-corrected chi connectivity index (χ1v) is 13.4. The number of carbonyl (C=O) groups excluding carboxylic acids is 3. The fraction of sp³-hybridized carbons (Fsp3) is 0.344. The number of nitrogens with one attached hydrogen (secondary N) is 2. The normalized spacial score (nSPS) is 12.5. The van der Waals surface area contributed by atoms with E-state index in [4.69, 9.17) is 9.47 Å². The number of hydrogen-bond donors (Lipinski definition) is 2. The van der Waals surface area contributed by atoms with Crippen LogP contribution in [0.1, 0.15) is 51.3 Å². The predicted molar refractivity (Wildman–Crippen MR) is 156 cm³/mol. The summed E-state index contributed by atoms with van der Waals surface area (Å²) in [5.74, 6) is -0.0819. The standard InChI is InChI=1S/C32H39N3O5/c1-6-21-35(30(37)27(22-23-13-9-7-10-14-23)34-31(38)40-32(2,3)4)28(24-15-11-8-12-16-24)29(36)33-25-17-19-26(39-5)20-18-25/h7-20,27-28H,6,21-22H2,1-5H3,(H,33,36)(H,34,38). The van der Waals surface area contributed by atoms with Crippen molar-refractivity contribution in [2.24, 2.45) is 0 Å². The number of anilines is 1. The maximum absolute atomic E-state index is 14.3. The zero-order valence-electron chi connectivity index (χ0n) is 23.8. The van der Waals surface area contributed by atoms with Crippen LogP contribution < -0.4 is 15.4 Å². The van der Waals surface area contributed by atoms with Crippen molar-refractivity contribution in [1.29, 1.82) is 0 Å². The Hall–Kier alpha value is -4.33. The molecule has 3 amide bonds. The SMILES string of the molecule is CCCN(C(=O)C(Cc1ccccc1)NC(=O)OC(C)(C)C)C(C(=O)Nc1ccc(OC)cc1)c1ccccc1. The maximum Gasteiger partial charge on any atom is 0.408 e. The van der Waals surface area contributed by atoms with Crippen LogP contribution in [0.3, 0.4) is 0 Å². The number of rotatable bonds is 11. The zero-order valence-corrected chi connectivity index (χ0v) is 23.8. The summed E-state index contributed by atoms with van der Waals surface area (Å²) >= 11 is 0. The molecule has 0 spiro atoms. The van der Waals surface area contributed by atoms with Gasteiger partial charge in [0.25, 0.3) is 5.91 Å². The van der Waals surface area contributed by atoms with E-state index in [0.29, 0.717) is 30.0 Å². The summed E-state index contributed by atoms with van der Waals surface area (Å²) in [6.45, 7) is 7.53. The molecule has 3 rings (SSSR count). The molecule has 8 nitrogen and oxygen atoms in total. The van der Waals surface area contributed by atoms with Crippen LogP contribution in [-0.2, 0) is 20.7 Å². The van der Waals surface area contributed by atoms with Gasteiger partial charge in [-0.3, -0.25) is 9.59 Å². The summed E-state index contributed by atoms with van der Waals surface area (Å²) in [5, 5.41) is 5.72. The Bertz CT molecular complexity index is 1240. The Morgan fingerprint density at radius 2 is 1.48 bits per heavy atom. The van der Waals surface area contributed by atoms with Crippen LogP contribution in [0, 0.1) is 0 Å². The number of amides is 3. The lowest BCUT2D eigenvalue weighted by Crippen LogP contribution is -2.53. The molecular formula is C32H39N3O5. The van der Waals surface area contributed by atoms with E-state index in [0.717, 1.165) is 5.56 Å². The van der Waals surface area contributed by atoms with E-state index in [1.165, 1.54) is 0 Å². The summed E-state index contributed by atoms with van der Waals surface area (Å²) in [6, 6.07) is 23.7. The van der Waals surface area contributed by atoms with Crippen molar-refractivity contribution < 1.29 is 23.9 Å². The third kappa shape index (κ3) is 8.86. The van der Waals surface area contributed by atoms with Crippen LogP contribution in [0.2, 0.25) is 0 Å². The highest BCUT2D eigenvalue weighted by molar-refractivity contribution is 5.99. The molecule has 0 bridgehead atoms. The summed E-state index contributed by atoms with van der Waals surface area (Å²) in [7, 11) is 1.57. The van der Waals surface area contributed by atoms with E-state index in [-0.39, 0.29) is 18.2 Å². The number of nitrogens with zero attached hydrogens (tertiary/aromatic N) is 1. The minimum absolute atomic E-state index is 0.237. The lowest BCUT2D eigenvalue weighted by Gasteiger charge is -2.34. The molecule has 0 aliphatic rings. The van der Waals surface area contributed by atoms with E-state index in [1.54, 1.807) is 57.0 Å². The second-order valence-corrected chi connectivity index (χ2v) is 10.5. The summed E-state index contributed by atoms with van der Waals surface area (Å²) in [6.07, 6.45) is 0.146. The molecule has 0 radical (unpaired) electrons. The molecule has 0 saturated carbocycles. The monoisotopic (exact) mass is 545 g/mol. The van der Waals surface area contributed by atoms with Crippen molar-refractivity contribution >= 4 is 23.6 Å². The largest absolute Gasteiger partial charge is 0.497 e. The van der Waals surface area contributed by atoms with Gasteiger partial charge in [0.1, 0.15) is 23.4 Å². The van der Waals surface area contributed by atoms with Gasteiger partial charge in [-0.2, -0.15) is 0 Å². The van der Waals surface area contributed by atoms with Gasteiger partial charge in [0, 0.05) is 18.7 Å².